The van der Waals surface area contributed by atoms with Crippen LogP contribution < -0.4 is 0 Å². The molecule has 1 heterocycles. The second-order valence-electron chi connectivity index (χ2n) is 4.31. The standard InChI is InChI=1S/C13H16BrNO/c1-10(11-4-6-12(14)7-5-11)13(16)15-8-2-3-9-15/h4-7,10H,2-3,8-9H2,1H3/t10-/m1/s1. The Morgan fingerprint density at radius 2 is 1.81 bits per heavy atom. The molecule has 0 aliphatic carbocycles. The van der Waals surface area contributed by atoms with Crippen LogP contribution in [-0.2, 0) is 4.79 Å². The highest BCUT2D eigenvalue weighted by Gasteiger charge is 2.23. The monoisotopic (exact) mass is 281 g/mol. The molecule has 1 saturated heterocycles. The van der Waals surface area contributed by atoms with E-state index in [2.05, 4.69) is 15.9 Å². The van der Waals surface area contributed by atoms with Gasteiger partial charge in [0.2, 0.25) is 5.91 Å². The highest BCUT2D eigenvalue weighted by Crippen LogP contribution is 2.22. The smallest absolute Gasteiger partial charge is 0.229 e. The number of amides is 1. The summed E-state index contributed by atoms with van der Waals surface area (Å²) in [6, 6.07) is 8.01. The highest BCUT2D eigenvalue weighted by molar-refractivity contribution is 9.10. The molecule has 1 aromatic carbocycles. The van der Waals surface area contributed by atoms with Gasteiger partial charge < -0.3 is 4.90 Å². The van der Waals surface area contributed by atoms with E-state index >= 15 is 0 Å². The normalized spacial score (nSPS) is 17.5. The van der Waals surface area contributed by atoms with E-state index in [-0.39, 0.29) is 11.8 Å². The van der Waals surface area contributed by atoms with Crippen molar-refractivity contribution < 1.29 is 4.79 Å². The molecule has 0 bridgehead atoms. The average Bonchev–Trinajstić information content (AvgIpc) is 2.81. The van der Waals surface area contributed by atoms with E-state index in [4.69, 9.17) is 0 Å². The molecule has 0 N–H and O–H groups in total. The Kier molecular flexibility index (Phi) is 3.64. The fraction of sp³-hybridized carbons (Fsp3) is 0.462. The lowest BCUT2D eigenvalue weighted by Gasteiger charge is -2.20. The van der Waals surface area contributed by atoms with Crippen molar-refractivity contribution in [1.29, 1.82) is 0 Å². The summed E-state index contributed by atoms with van der Waals surface area (Å²) < 4.78 is 1.05. The SMILES string of the molecule is C[C@@H](C(=O)N1CCCC1)c1ccc(Br)cc1. The zero-order chi connectivity index (χ0) is 11.5. The second-order valence-corrected chi connectivity index (χ2v) is 5.22. The van der Waals surface area contributed by atoms with Crippen molar-refractivity contribution in [2.45, 2.75) is 25.7 Å². The van der Waals surface area contributed by atoms with E-state index < -0.39 is 0 Å². The fourth-order valence-corrected chi connectivity index (χ4v) is 2.37. The van der Waals surface area contributed by atoms with Crippen molar-refractivity contribution in [2.24, 2.45) is 0 Å². The lowest BCUT2D eigenvalue weighted by atomic mass is 10.00. The maximum absolute atomic E-state index is 12.1. The molecule has 1 amide bonds. The van der Waals surface area contributed by atoms with E-state index in [0.29, 0.717) is 0 Å². The topological polar surface area (TPSA) is 20.3 Å². The summed E-state index contributed by atoms with van der Waals surface area (Å²) in [6.45, 7) is 3.85. The summed E-state index contributed by atoms with van der Waals surface area (Å²) in [5.41, 5.74) is 1.10. The molecule has 1 aromatic rings. The Balaban J connectivity index is 2.08. The van der Waals surface area contributed by atoms with Gasteiger partial charge in [-0.1, -0.05) is 28.1 Å². The van der Waals surface area contributed by atoms with Crippen LogP contribution in [0.25, 0.3) is 0 Å². The van der Waals surface area contributed by atoms with Crippen molar-refractivity contribution in [3.8, 4) is 0 Å². The Bertz CT molecular complexity index is 368. The van der Waals surface area contributed by atoms with Crippen molar-refractivity contribution in [1.82, 2.24) is 4.90 Å². The van der Waals surface area contributed by atoms with Gasteiger partial charge in [0, 0.05) is 17.6 Å². The molecule has 0 radical (unpaired) electrons. The lowest BCUT2D eigenvalue weighted by molar-refractivity contribution is -0.131. The number of carbonyl (C=O) groups excluding carboxylic acids is 1. The molecule has 0 saturated carbocycles. The number of carbonyl (C=O) groups is 1. The van der Waals surface area contributed by atoms with Gasteiger partial charge in [-0.15, -0.1) is 0 Å². The van der Waals surface area contributed by atoms with Gasteiger partial charge in [0.1, 0.15) is 0 Å². The number of rotatable bonds is 2. The summed E-state index contributed by atoms with van der Waals surface area (Å²) in [7, 11) is 0. The highest BCUT2D eigenvalue weighted by atomic mass is 79.9. The summed E-state index contributed by atoms with van der Waals surface area (Å²) in [6.07, 6.45) is 2.30. The van der Waals surface area contributed by atoms with Gasteiger partial charge >= 0.3 is 0 Å². The predicted octanol–water partition coefficient (Wildman–Crippen LogP) is 3.18. The summed E-state index contributed by atoms with van der Waals surface area (Å²) in [5.74, 6) is 0.242. The minimum atomic E-state index is -0.0220. The average molecular weight is 282 g/mol. The van der Waals surface area contributed by atoms with Gasteiger partial charge in [-0.25, -0.2) is 0 Å². The van der Waals surface area contributed by atoms with E-state index in [9.17, 15) is 4.79 Å². The molecule has 0 aromatic heterocycles. The maximum Gasteiger partial charge on any atom is 0.229 e. The fourth-order valence-electron chi connectivity index (χ4n) is 2.11. The molecule has 1 atom stereocenters. The van der Waals surface area contributed by atoms with Gasteiger partial charge in [0.05, 0.1) is 5.92 Å². The van der Waals surface area contributed by atoms with Crippen LogP contribution >= 0.6 is 15.9 Å². The van der Waals surface area contributed by atoms with E-state index in [1.165, 1.54) is 0 Å². The van der Waals surface area contributed by atoms with Crippen LogP contribution in [0.3, 0.4) is 0 Å². The Labute approximate surface area is 105 Å². The van der Waals surface area contributed by atoms with Gasteiger partial charge in [0.25, 0.3) is 0 Å². The molecule has 2 rings (SSSR count). The summed E-state index contributed by atoms with van der Waals surface area (Å²) >= 11 is 3.40. The van der Waals surface area contributed by atoms with Crippen LogP contribution in [-0.4, -0.2) is 23.9 Å². The van der Waals surface area contributed by atoms with Crippen molar-refractivity contribution in [2.75, 3.05) is 13.1 Å². The Hall–Kier alpha value is -0.830. The molecule has 1 aliphatic heterocycles. The molecule has 3 heteroatoms. The van der Waals surface area contributed by atoms with Crippen LogP contribution in [0.15, 0.2) is 28.7 Å². The van der Waals surface area contributed by atoms with E-state index in [1.54, 1.807) is 0 Å². The zero-order valence-corrected chi connectivity index (χ0v) is 11.0. The van der Waals surface area contributed by atoms with Crippen LogP contribution in [0, 0.1) is 0 Å². The first-order valence-corrected chi connectivity index (χ1v) is 6.52. The molecular weight excluding hydrogens is 266 g/mol. The van der Waals surface area contributed by atoms with Crippen molar-refractivity contribution in [3.05, 3.63) is 34.3 Å². The molecule has 0 unspecified atom stereocenters. The van der Waals surface area contributed by atoms with Crippen LogP contribution in [0.4, 0.5) is 0 Å². The maximum atomic E-state index is 12.1. The van der Waals surface area contributed by atoms with Gasteiger partial charge in [0.15, 0.2) is 0 Å². The summed E-state index contributed by atoms with van der Waals surface area (Å²) in [5, 5.41) is 0. The van der Waals surface area contributed by atoms with E-state index in [0.717, 1.165) is 36.0 Å². The number of benzene rings is 1. The number of likely N-dealkylation sites (tertiary alicyclic amines) is 1. The van der Waals surface area contributed by atoms with Crippen molar-refractivity contribution in [3.63, 3.8) is 0 Å². The predicted molar refractivity (Wildman–Crippen MR) is 68.4 cm³/mol. The van der Waals surface area contributed by atoms with Crippen LogP contribution in [0.2, 0.25) is 0 Å². The first-order valence-electron chi connectivity index (χ1n) is 5.73. The first kappa shape index (κ1) is 11.6. The zero-order valence-electron chi connectivity index (χ0n) is 9.45. The third-order valence-electron chi connectivity index (χ3n) is 3.16. The third-order valence-corrected chi connectivity index (χ3v) is 3.69. The first-order chi connectivity index (χ1) is 7.68. The lowest BCUT2D eigenvalue weighted by Crippen LogP contribution is -2.31. The molecule has 16 heavy (non-hydrogen) atoms. The third kappa shape index (κ3) is 2.46. The largest absolute Gasteiger partial charge is 0.342 e. The molecule has 0 spiro atoms. The molecule has 1 aliphatic rings. The number of nitrogens with zero attached hydrogens (tertiary/aromatic N) is 1. The van der Waals surface area contributed by atoms with Crippen molar-refractivity contribution >= 4 is 21.8 Å². The van der Waals surface area contributed by atoms with Gasteiger partial charge in [-0.3, -0.25) is 4.79 Å². The molecular formula is C13H16BrNO. The molecule has 2 nitrogen and oxygen atoms in total. The quantitative estimate of drug-likeness (QED) is 0.816. The molecule has 86 valence electrons. The number of halogens is 1. The van der Waals surface area contributed by atoms with Gasteiger partial charge in [-0.05, 0) is 37.5 Å². The molecule has 1 fully saturated rings. The Morgan fingerprint density at radius 1 is 1.25 bits per heavy atom. The van der Waals surface area contributed by atoms with Gasteiger partial charge in [-0.2, -0.15) is 0 Å². The van der Waals surface area contributed by atoms with Crippen LogP contribution in [0.5, 0.6) is 0 Å². The summed E-state index contributed by atoms with van der Waals surface area (Å²) in [4.78, 5) is 14.1. The van der Waals surface area contributed by atoms with Crippen LogP contribution in [0.1, 0.15) is 31.2 Å². The Morgan fingerprint density at radius 3 is 2.38 bits per heavy atom. The minimum absolute atomic E-state index is 0.0220. The van der Waals surface area contributed by atoms with E-state index in [1.807, 2.05) is 36.1 Å². The number of hydrogen-bond donors (Lipinski definition) is 0. The number of hydrogen-bond acceptors (Lipinski definition) is 1. The minimum Gasteiger partial charge on any atom is -0.342 e. The second kappa shape index (κ2) is 5.00.